The second-order valence-electron chi connectivity index (χ2n) is 12.2. The number of aromatic hydroxyl groups is 1. The van der Waals surface area contributed by atoms with Gasteiger partial charge >= 0.3 is 0 Å². The molecule has 37 heavy (non-hydrogen) atoms. The SMILES string of the molecule is COc1cc(/C=C/c2cc(O)c3c(c2)OC(C)(C)C(O)C3)cc2c1O[C@]1(C)C[C@@H](O)[C@@H](O)C(C)(C)[C@H]1C2. The van der Waals surface area contributed by atoms with Crippen molar-refractivity contribution in [3.8, 4) is 23.0 Å². The Morgan fingerprint density at radius 2 is 1.59 bits per heavy atom. The highest BCUT2D eigenvalue weighted by molar-refractivity contribution is 5.74. The van der Waals surface area contributed by atoms with Crippen LogP contribution in [0.25, 0.3) is 12.2 Å². The molecule has 4 N–H and O–H groups in total. The highest BCUT2D eigenvalue weighted by atomic mass is 16.5. The number of phenolic OH excluding ortho intramolecular Hbond substituents is 1. The summed E-state index contributed by atoms with van der Waals surface area (Å²) in [7, 11) is 1.61. The van der Waals surface area contributed by atoms with E-state index in [1.807, 2.05) is 58.9 Å². The van der Waals surface area contributed by atoms with Gasteiger partial charge in [-0.15, -0.1) is 0 Å². The molecule has 1 fully saturated rings. The lowest BCUT2D eigenvalue weighted by Gasteiger charge is -2.56. The number of aliphatic hydroxyl groups excluding tert-OH is 3. The Balaban J connectivity index is 1.48. The molecule has 200 valence electrons. The van der Waals surface area contributed by atoms with Crippen LogP contribution in [0.15, 0.2) is 24.3 Å². The molecule has 7 heteroatoms. The zero-order valence-corrected chi connectivity index (χ0v) is 22.4. The van der Waals surface area contributed by atoms with Crippen molar-refractivity contribution < 1.29 is 34.6 Å². The quantitative estimate of drug-likeness (QED) is 0.460. The first-order valence-electron chi connectivity index (χ1n) is 12.9. The molecular formula is C30H38O7. The van der Waals surface area contributed by atoms with Crippen LogP contribution in [-0.4, -0.2) is 57.0 Å². The van der Waals surface area contributed by atoms with E-state index in [4.69, 9.17) is 14.2 Å². The first-order chi connectivity index (χ1) is 17.2. The van der Waals surface area contributed by atoms with Crippen LogP contribution in [0.2, 0.25) is 0 Å². The number of hydrogen-bond acceptors (Lipinski definition) is 7. The van der Waals surface area contributed by atoms with Crippen LogP contribution in [0, 0.1) is 11.3 Å². The molecule has 3 aliphatic rings. The van der Waals surface area contributed by atoms with Crippen LogP contribution in [0.3, 0.4) is 0 Å². The third-order valence-corrected chi connectivity index (χ3v) is 8.76. The zero-order valence-electron chi connectivity index (χ0n) is 22.4. The molecule has 0 saturated heterocycles. The van der Waals surface area contributed by atoms with Crippen LogP contribution in [0.1, 0.15) is 63.3 Å². The Bertz CT molecular complexity index is 1250. The van der Waals surface area contributed by atoms with Gasteiger partial charge in [0.2, 0.25) is 0 Å². The molecule has 5 atom stereocenters. The minimum Gasteiger partial charge on any atom is -0.508 e. The highest BCUT2D eigenvalue weighted by Gasteiger charge is 2.58. The second-order valence-corrected chi connectivity index (χ2v) is 12.2. The van der Waals surface area contributed by atoms with Gasteiger partial charge in [-0.25, -0.2) is 0 Å². The number of ether oxygens (including phenoxy) is 3. The van der Waals surface area contributed by atoms with Gasteiger partial charge < -0.3 is 34.6 Å². The number of phenols is 1. The third-order valence-electron chi connectivity index (χ3n) is 8.76. The topological polar surface area (TPSA) is 109 Å². The lowest BCUT2D eigenvalue weighted by molar-refractivity contribution is -0.187. The minimum absolute atomic E-state index is 0.00304. The fourth-order valence-corrected chi connectivity index (χ4v) is 6.43. The maximum atomic E-state index is 10.7. The summed E-state index contributed by atoms with van der Waals surface area (Å²) in [6, 6.07) is 7.52. The van der Waals surface area contributed by atoms with Crippen molar-refractivity contribution in [2.45, 2.75) is 83.4 Å². The Kier molecular flexibility index (Phi) is 6.05. The largest absolute Gasteiger partial charge is 0.508 e. The Hall–Kier alpha value is -2.74. The Morgan fingerprint density at radius 1 is 0.919 bits per heavy atom. The molecule has 0 bridgehead atoms. The van der Waals surface area contributed by atoms with E-state index in [0.29, 0.717) is 42.1 Å². The monoisotopic (exact) mass is 510 g/mol. The van der Waals surface area contributed by atoms with Crippen LogP contribution in [0.4, 0.5) is 0 Å². The maximum Gasteiger partial charge on any atom is 0.165 e. The van der Waals surface area contributed by atoms with E-state index in [9.17, 15) is 20.4 Å². The lowest BCUT2D eigenvalue weighted by Crippen LogP contribution is -2.63. The molecule has 1 aliphatic carbocycles. The Morgan fingerprint density at radius 3 is 2.27 bits per heavy atom. The van der Waals surface area contributed by atoms with E-state index in [-0.39, 0.29) is 11.7 Å². The average molecular weight is 511 g/mol. The van der Waals surface area contributed by atoms with Crippen molar-refractivity contribution in [3.63, 3.8) is 0 Å². The van der Waals surface area contributed by atoms with Gasteiger partial charge in [-0.05, 0) is 68.1 Å². The van der Waals surface area contributed by atoms with Gasteiger partial charge in [0.1, 0.15) is 22.7 Å². The summed E-state index contributed by atoms with van der Waals surface area (Å²) in [4.78, 5) is 0. The van der Waals surface area contributed by atoms with Crippen LogP contribution >= 0.6 is 0 Å². The summed E-state index contributed by atoms with van der Waals surface area (Å²) >= 11 is 0. The predicted octanol–water partition coefficient (Wildman–Crippen LogP) is 4.11. The molecule has 7 nitrogen and oxygen atoms in total. The van der Waals surface area contributed by atoms with Gasteiger partial charge in [0, 0.05) is 29.7 Å². The van der Waals surface area contributed by atoms with E-state index in [2.05, 4.69) is 6.07 Å². The summed E-state index contributed by atoms with van der Waals surface area (Å²) < 4.78 is 18.2. The lowest BCUT2D eigenvalue weighted by atomic mass is 9.57. The Labute approximate surface area is 218 Å². The van der Waals surface area contributed by atoms with E-state index in [1.54, 1.807) is 13.2 Å². The molecule has 2 aliphatic heterocycles. The minimum atomic E-state index is -0.850. The average Bonchev–Trinajstić information content (AvgIpc) is 2.81. The van der Waals surface area contributed by atoms with Gasteiger partial charge in [0.05, 0.1) is 25.4 Å². The number of benzene rings is 2. The molecule has 2 heterocycles. The van der Waals surface area contributed by atoms with Crippen molar-refractivity contribution in [2.24, 2.45) is 11.3 Å². The number of rotatable bonds is 3. The number of aliphatic hydroxyl groups is 3. The zero-order chi connectivity index (χ0) is 26.9. The second kappa shape index (κ2) is 8.65. The smallest absolute Gasteiger partial charge is 0.165 e. The molecule has 0 spiro atoms. The third kappa shape index (κ3) is 4.27. The van der Waals surface area contributed by atoms with E-state index < -0.39 is 34.9 Å². The van der Waals surface area contributed by atoms with Crippen molar-refractivity contribution in [3.05, 3.63) is 46.5 Å². The van der Waals surface area contributed by atoms with Crippen LogP contribution in [0.5, 0.6) is 23.0 Å². The number of hydrogen-bond donors (Lipinski definition) is 4. The molecule has 0 aromatic heterocycles. The van der Waals surface area contributed by atoms with E-state index in [0.717, 1.165) is 16.7 Å². The normalized spacial score (nSPS) is 31.5. The summed E-state index contributed by atoms with van der Waals surface area (Å²) in [5.41, 5.74) is 1.39. The fraction of sp³-hybridized carbons (Fsp3) is 0.533. The molecule has 0 amide bonds. The van der Waals surface area contributed by atoms with E-state index in [1.165, 1.54) is 0 Å². The summed E-state index contributed by atoms with van der Waals surface area (Å²) in [5.74, 6) is 1.97. The fourth-order valence-electron chi connectivity index (χ4n) is 6.43. The van der Waals surface area contributed by atoms with Gasteiger partial charge in [-0.2, -0.15) is 0 Å². The molecule has 1 unspecified atom stereocenters. The predicted molar refractivity (Wildman–Crippen MR) is 141 cm³/mol. The van der Waals surface area contributed by atoms with Crippen LogP contribution in [-0.2, 0) is 12.8 Å². The van der Waals surface area contributed by atoms with Crippen molar-refractivity contribution >= 4 is 12.2 Å². The maximum absolute atomic E-state index is 10.7. The number of methoxy groups -OCH3 is 1. The molecular weight excluding hydrogens is 472 g/mol. The summed E-state index contributed by atoms with van der Waals surface area (Å²) in [6.07, 6.45) is 2.85. The highest BCUT2D eigenvalue weighted by Crippen LogP contribution is 2.55. The van der Waals surface area contributed by atoms with Crippen molar-refractivity contribution in [1.82, 2.24) is 0 Å². The van der Waals surface area contributed by atoms with Crippen LogP contribution < -0.4 is 14.2 Å². The first-order valence-corrected chi connectivity index (χ1v) is 12.9. The summed E-state index contributed by atoms with van der Waals surface area (Å²) in [5, 5.41) is 42.2. The molecule has 2 aromatic carbocycles. The molecule has 1 saturated carbocycles. The molecule has 5 rings (SSSR count). The van der Waals surface area contributed by atoms with Gasteiger partial charge in [-0.3, -0.25) is 0 Å². The first kappa shape index (κ1) is 25.9. The molecule has 0 radical (unpaired) electrons. The standard InChI is InChI=1S/C30H38O7/c1-28(2)24-13-18-9-16(12-23(35-6)26(18)37-30(24,5)15-21(32)27(28)34)7-8-17-10-20(31)19-14-25(33)29(3,4)36-22(19)11-17/h7-12,21,24-25,27,31-34H,13-15H2,1-6H3/b8-7+/t21-,24-,25?,27-,30-/m1/s1. The van der Waals surface area contributed by atoms with E-state index >= 15 is 0 Å². The van der Waals surface area contributed by atoms with Crippen molar-refractivity contribution in [1.29, 1.82) is 0 Å². The van der Waals surface area contributed by atoms with Crippen molar-refractivity contribution in [2.75, 3.05) is 7.11 Å². The molecule has 2 aromatic rings. The van der Waals surface area contributed by atoms with Gasteiger partial charge in [0.25, 0.3) is 0 Å². The van der Waals surface area contributed by atoms with Gasteiger partial charge in [0.15, 0.2) is 11.5 Å². The number of fused-ring (bicyclic) bond motifs is 3. The van der Waals surface area contributed by atoms with Gasteiger partial charge in [-0.1, -0.05) is 26.0 Å². The summed E-state index contributed by atoms with van der Waals surface area (Å²) in [6.45, 7) is 9.65.